The molecule has 0 fully saturated rings. The van der Waals surface area contributed by atoms with E-state index in [4.69, 9.17) is 11.6 Å². The summed E-state index contributed by atoms with van der Waals surface area (Å²) in [6.07, 6.45) is 1.91. The first-order valence-corrected chi connectivity index (χ1v) is 8.58. The van der Waals surface area contributed by atoms with Crippen LogP contribution in [0.1, 0.15) is 16.1 Å². The molecule has 0 bridgehead atoms. The fourth-order valence-electron chi connectivity index (χ4n) is 2.18. The molecule has 0 radical (unpaired) electrons. The molecular formula is C17H14ClN3O3S. The summed E-state index contributed by atoms with van der Waals surface area (Å²) >= 11 is 7.14. The third-order valence-electron chi connectivity index (χ3n) is 3.41. The summed E-state index contributed by atoms with van der Waals surface area (Å²) < 4.78 is 4.65. The predicted molar refractivity (Wildman–Crippen MR) is 97.0 cm³/mol. The Kier molecular flexibility index (Phi) is 5.16. The molecule has 2 aromatic heterocycles. The number of carbonyl (C=O) groups excluding carboxylic acids is 2. The zero-order valence-corrected chi connectivity index (χ0v) is 14.8. The highest BCUT2D eigenvalue weighted by Gasteiger charge is 2.13. The Morgan fingerprint density at radius 1 is 1.32 bits per heavy atom. The van der Waals surface area contributed by atoms with Gasteiger partial charge in [-0.25, -0.2) is 9.78 Å². The molecule has 0 aliphatic rings. The van der Waals surface area contributed by atoms with Crippen molar-refractivity contribution < 1.29 is 14.3 Å². The number of H-pyrrole nitrogens is 1. The zero-order chi connectivity index (χ0) is 17.8. The van der Waals surface area contributed by atoms with E-state index < -0.39 is 5.97 Å². The van der Waals surface area contributed by atoms with E-state index in [1.807, 2.05) is 17.5 Å². The maximum atomic E-state index is 12.1. The van der Waals surface area contributed by atoms with Crippen molar-refractivity contribution in [1.82, 2.24) is 9.97 Å². The predicted octanol–water partition coefficient (Wildman–Crippen LogP) is 3.76. The fourth-order valence-corrected chi connectivity index (χ4v) is 3.05. The van der Waals surface area contributed by atoms with E-state index in [9.17, 15) is 9.59 Å². The number of carbonyl (C=O) groups is 2. The van der Waals surface area contributed by atoms with E-state index in [1.54, 1.807) is 24.4 Å². The van der Waals surface area contributed by atoms with Gasteiger partial charge in [0.05, 0.1) is 19.2 Å². The maximum Gasteiger partial charge on any atom is 0.354 e. The lowest BCUT2D eigenvalue weighted by atomic mass is 10.1. The van der Waals surface area contributed by atoms with Crippen LogP contribution in [0.2, 0.25) is 5.02 Å². The van der Waals surface area contributed by atoms with Gasteiger partial charge in [0.1, 0.15) is 5.69 Å². The highest BCUT2D eigenvalue weighted by atomic mass is 35.5. The molecule has 0 aliphatic carbocycles. The molecule has 3 rings (SSSR count). The van der Waals surface area contributed by atoms with Crippen LogP contribution >= 0.6 is 22.9 Å². The van der Waals surface area contributed by atoms with E-state index >= 15 is 0 Å². The van der Waals surface area contributed by atoms with Gasteiger partial charge in [0, 0.05) is 22.2 Å². The van der Waals surface area contributed by atoms with Crippen molar-refractivity contribution in [3.8, 4) is 11.3 Å². The molecule has 0 unspecified atom stereocenters. The molecule has 2 heterocycles. The number of hydrogen-bond donors (Lipinski definition) is 2. The summed E-state index contributed by atoms with van der Waals surface area (Å²) in [6.45, 7) is 0. The third kappa shape index (κ3) is 4.26. The van der Waals surface area contributed by atoms with Crippen LogP contribution in [0.4, 0.5) is 5.13 Å². The molecule has 2 N–H and O–H groups in total. The van der Waals surface area contributed by atoms with Gasteiger partial charge < -0.3 is 15.0 Å². The lowest BCUT2D eigenvalue weighted by Gasteiger charge is -2.02. The Labute approximate surface area is 152 Å². The number of aromatic nitrogens is 2. The number of benzene rings is 1. The number of amides is 1. The number of nitrogens with one attached hydrogen (secondary N) is 2. The van der Waals surface area contributed by atoms with E-state index in [1.165, 1.54) is 18.4 Å². The van der Waals surface area contributed by atoms with Crippen LogP contribution in [0.15, 0.2) is 41.9 Å². The van der Waals surface area contributed by atoms with Gasteiger partial charge in [-0.2, -0.15) is 0 Å². The molecule has 6 nitrogen and oxygen atoms in total. The first kappa shape index (κ1) is 17.2. The molecule has 0 atom stereocenters. The van der Waals surface area contributed by atoms with Crippen LogP contribution in [0.5, 0.6) is 0 Å². The normalized spacial score (nSPS) is 10.5. The van der Waals surface area contributed by atoms with Gasteiger partial charge in [0.15, 0.2) is 5.13 Å². The minimum atomic E-state index is -0.446. The summed E-state index contributed by atoms with van der Waals surface area (Å²) in [6, 6.07) is 8.76. The third-order valence-corrected chi connectivity index (χ3v) is 4.42. The molecule has 25 heavy (non-hydrogen) atoms. The molecule has 0 saturated carbocycles. The van der Waals surface area contributed by atoms with Crippen LogP contribution in [-0.2, 0) is 16.0 Å². The maximum absolute atomic E-state index is 12.1. The topological polar surface area (TPSA) is 84.1 Å². The summed E-state index contributed by atoms with van der Waals surface area (Å²) in [7, 11) is 1.32. The molecule has 8 heteroatoms. The average Bonchev–Trinajstić information content (AvgIpc) is 3.25. The van der Waals surface area contributed by atoms with Crippen molar-refractivity contribution in [1.29, 1.82) is 0 Å². The number of hydrogen-bond acceptors (Lipinski definition) is 5. The number of halogens is 1. The van der Waals surface area contributed by atoms with Crippen molar-refractivity contribution in [3.05, 3.63) is 58.2 Å². The van der Waals surface area contributed by atoms with E-state index in [2.05, 4.69) is 20.0 Å². The van der Waals surface area contributed by atoms with Crippen LogP contribution in [-0.4, -0.2) is 29.0 Å². The van der Waals surface area contributed by atoms with Gasteiger partial charge in [0.25, 0.3) is 0 Å². The Morgan fingerprint density at radius 2 is 2.08 bits per heavy atom. The van der Waals surface area contributed by atoms with Crippen molar-refractivity contribution >= 4 is 39.9 Å². The summed E-state index contributed by atoms with van der Waals surface area (Å²) in [5.74, 6) is -0.606. The van der Waals surface area contributed by atoms with Gasteiger partial charge in [-0.3, -0.25) is 4.79 Å². The number of methoxy groups -OCH3 is 1. The molecule has 1 amide bonds. The van der Waals surface area contributed by atoms with Crippen molar-refractivity contribution in [2.24, 2.45) is 0 Å². The molecule has 0 saturated heterocycles. The van der Waals surface area contributed by atoms with Crippen LogP contribution in [0, 0.1) is 0 Å². The molecule has 1 aromatic carbocycles. The Bertz CT molecular complexity index is 902. The summed E-state index contributed by atoms with van der Waals surface area (Å²) in [4.78, 5) is 30.8. The largest absolute Gasteiger partial charge is 0.464 e. The van der Waals surface area contributed by atoms with Gasteiger partial charge in [-0.05, 0) is 23.8 Å². The summed E-state index contributed by atoms with van der Waals surface area (Å²) in [5, 5.41) is 5.70. The molecule has 128 valence electrons. The number of thiazole rings is 1. The lowest BCUT2D eigenvalue weighted by molar-refractivity contribution is -0.115. The second kappa shape index (κ2) is 7.50. The minimum absolute atomic E-state index is 0.160. The van der Waals surface area contributed by atoms with E-state index in [0.29, 0.717) is 21.5 Å². The number of esters is 1. The van der Waals surface area contributed by atoms with Crippen molar-refractivity contribution in [2.45, 2.75) is 6.42 Å². The summed E-state index contributed by atoms with van der Waals surface area (Å²) in [5.41, 5.74) is 2.62. The van der Waals surface area contributed by atoms with Crippen molar-refractivity contribution in [3.63, 3.8) is 0 Å². The number of ether oxygens (including phenoxy) is 1. The standard InChI is InChI=1S/C17H14ClN3O3S/c1-24-16(23)13-7-11(8-19-13)14-9-25-17(20-14)21-15(22)6-10-2-4-12(18)5-3-10/h2-5,7-9,19H,6H2,1H3,(H,20,21,22). The zero-order valence-electron chi connectivity index (χ0n) is 13.2. The number of aromatic amines is 1. The van der Waals surface area contributed by atoms with Crippen LogP contribution < -0.4 is 5.32 Å². The second-order valence-corrected chi connectivity index (χ2v) is 6.48. The molecular weight excluding hydrogens is 362 g/mol. The van der Waals surface area contributed by atoms with E-state index in [0.717, 1.165) is 11.1 Å². The van der Waals surface area contributed by atoms with E-state index in [-0.39, 0.29) is 12.3 Å². The smallest absolute Gasteiger partial charge is 0.354 e. The Balaban J connectivity index is 1.65. The van der Waals surface area contributed by atoms with Gasteiger partial charge >= 0.3 is 5.97 Å². The van der Waals surface area contributed by atoms with Gasteiger partial charge in [-0.15, -0.1) is 11.3 Å². The highest BCUT2D eigenvalue weighted by molar-refractivity contribution is 7.14. The molecule has 0 spiro atoms. The first-order chi connectivity index (χ1) is 12.0. The van der Waals surface area contributed by atoms with Crippen molar-refractivity contribution in [2.75, 3.05) is 12.4 Å². The monoisotopic (exact) mass is 375 g/mol. The minimum Gasteiger partial charge on any atom is -0.464 e. The average molecular weight is 376 g/mol. The van der Waals surface area contributed by atoms with Crippen LogP contribution in [0.25, 0.3) is 11.3 Å². The number of anilines is 1. The first-order valence-electron chi connectivity index (χ1n) is 7.32. The van der Waals surface area contributed by atoms with Crippen LogP contribution in [0.3, 0.4) is 0 Å². The highest BCUT2D eigenvalue weighted by Crippen LogP contribution is 2.25. The molecule has 0 aliphatic heterocycles. The van der Waals surface area contributed by atoms with Gasteiger partial charge in [-0.1, -0.05) is 23.7 Å². The number of rotatable bonds is 5. The lowest BCUT2D eigenvalue weighted by Crippen LogP contribution is -2.14. The SMILES string of the molecule is COC(=O)c1cc(-c2csc(NC(=O)Cc3ccc(Cl)cc3)n2)c[nH]1. The number of nitrogens with zero attached hydrogens (tertiary/aromatic N) is 1. The fraction of sp³-hybridized carbons (Fsp3) is 0.118. The quantitative estimate of drug-likeness (QED) is 0.665. The Hall–Kier alpha value is -2.64. The molecule has 3 aromatic rings. The Morgan fingerprint density at radius 3 is 2.80 bits per heavy atom. The second-order valence-electron chi connectivity index (χ2n) is 5.18. The van der Waals surface area contributed by atoms with Gasteiger partial charge in [0.2, 0.25) is 5.91 Å².